The molecule has 1 saturated heterocycles. The molecule has 3 rings (SSSR count). The van der Waals surface area contributed by atoms with Crippen molar-refractivity contribution in [3.05, 3.63) is 18.1 Å². The first-order chi connectivity index (χ1) is 12.5. The summed E-state index contributed by atoms with van der Waals surface area (Å²) >= 11 is 1.36. The number of amides is 2. The number of aryl methyl sites for hydroxylation is 1. The zero-order valence-corrected chi connectivity index (χ0v) is 15.8. The van der Waals surface area contributed by atoms with Gasteiger partial charge < -0.3 is 19.6 Å². The van der Waals surface area contributed by atoms with E-state index in [1.807, 2.05) is 24.5 Å². The van der Waals surface area contributed by atoms with Crippen LogP contribution in [0.5, 0.6) is 0 Å². The summed E-state index contributed by atoms with van der Waals surface area (Å²) in [6.07, 6.45) is 3.18. The van der Waals surface area contributed by atoms with Gasteiger partial charge in [-0.25, -0.2) is 0 Å². The molecule has 140 valence electrons. The summed E-state index contributed by atoms with van der Waals surface area (Å²) in [5.41, 5.74) is 6.28. The molecular weight excluding hydrogens is 354 g/mol. The van der Waals surface area contributed by atoms with E-state index in [0.717, 1.165) is 30.0 Å². The van der Waals surface area contributed by atoms with Crippen LogP contribution in [0.4, 0.5) is 0 Å². The highest BCUT2D eigenvalue weighted by Gasteiger charge is 2.27. The van der Waals surface area contributed by atoms with Crippen LogP contribution < -0.4 is 5.73 Å². The fraction of sp³-hybridized carbons (Fsp3) is 0.529. The molecule has 8 nitrogen and oxygen atoms in total. The molecule has 1 aliphatic rings. The summed E-state index contributed by atoms with van der Waals surface area (Å²) in [7, 11) is 0. The molecule has 26 heavy (non-hydrogen) atoms. The van der Waals surface area contributed by atoms with Crippen molar-refractivity contribution in [1.82, 2.24) is 19.7 Å². The molecule has 3 heterocycles. The van der Waals surface area contributed by atoms with Crippen molar-refractivity contribution in [1.29, 1.82) is 0 Å². The monoisotopic (exact) mass is 377 g/mol. The molecule has 2 aromatic rings. The summed E-state index contributed by atoms with van der Waals surface area (Å²) in [6, 6.07) is 1.86. The Morgan fingerprint density at radius 3 is 2.88 bits per heavy atom. The lowest BCUT2D eigenvalue weighted by molar-refractivity contribution is -0.132. The lowest BCUT2D eigenvalue weighted by atomic mass is 9.97. The second-order valence-electron chi connectivity index (χ2n) is 6.31. The molecule has 2 amide bonds. The highest BCUT2D eigenvalue weighted by atomic mass is 32.2. The first kappa shape index (κ1) is 18.5. The van der Waals surface area contributed by atoms with Crippen LogP contribution in [0.3, 0.4) is 0 Å². The molecule has 9 heteroatoms. The third-order valence-electron chi connectivity index (χ3n) is 4.63. The summed E-state index contributed by atoms with van der Waals surface area (Å²) < 4.78 is 7.32. The molecule has 2 N–H and O–H groups in total. The molecule has 0 spiro atoms. The normalized spacial score (nSPS) is 17.5. The molecule has 2 aromatic heterocycles. The molecule has 0 unspecified atom stereocenters. The maximum Gasteiger partial charge on any atom is 0.233 e. The fourth-order valence-corrected chi connectivity index (χ4v) is 4.06. The van der Waals surface area contributed by atoms with E-state index < -0.39 is 0 Å². The third kappa shape index (κ3) is 3.77. The maximum absolute atomic E-state index is 12.5. The Labute approximate surface area is 156 Å². The van der Waals surface area contributed by atoms with Crippen LogP contribution >= 0.6 is 11.8 Å². The molecule has 0 aliphatic carbocycles. The lowest BCUT2D eigenvalue weighted by Gasteiger charge is -2.31. The number of hydrogen-bond acceptors (Lipinski definition) is 6. The van der Waals surface area contributed by atoms with Gasteiger partial charge in [-0.2, -0.15) is 0 Å². The predicted molar refractivity (Wildman–Crippen MR) is 97.4 cm³/mol. The van der Waals surface area contributed by atoms with Crippen molar-refractivity contribution < 1.29 is 14.0 Å². The Bertz CT molecular complexity index is 800. The van der Waals surface area contributed by atoms with Gasteiger partial charge in [-0.15, -0.1) is 10.2 Å². The predicted octanol–water partition coefficient (Wildman–Crippen LogP) is 1.68. The van der Waals surface area contributed by atoms with Crippen molar-refractivity contribution in [2.75, 3.05) is 18.8 Å². The van der Waals surface area contributed by atoms with Crippen molar-refractivity contribution in [2.24, 2.45) is 11.7 Å². The number of carbonyl (C=O) groups is 2. The van der Waals surface area contributed by atoms with Gasteiger partial charge >= 0.3 is 0 Å². The van der Waals surface area contributed by atoms with E-state index in [4.69, 9.17) is 10.2 Å². The van der Waals surface area contributed by atoms with Gasteiger partial charge in [-0.3, -0.25) is 9.59 Å². The van der Waals surface area contributed by atoms with Crippen LogP contribution in [0, 0.1) is 12.8 Å². The number of piperidine rings is 1. The number of hydrogen-bond donors (Lipinski definition) is 1. The van der Waals surface area contributed by atoms with Gasteiger partial charge in [-0.1, -0.05) is 11.8 Å². The van der Waals surface area contributed by atoms with Crippen LogP contribution in [0.25, 0.3) is 11.4 Å². The maximum atomic E-state index is 12.5. The minimum Gasteiger partial charge on any atom is -0.469 e. The fourth-order valence-electron chi connectivity index (χ4n) is 3.15. The van der Waals surface area contributed by atoms with E-state index in [1.165, 1.54) is 11.8 Å². The zero-order valence-electron chi connectivity index (χ0n) is 15.0. The van der Waals surface area contributed by atoms with Gasteiger partial charge in [0.2, 0.25) is 11.8 Å². The van der Waals surface area contributed by atoms with Gasteiger partial charge in [0.15, 0.2) is 11.0 Å². The molecule has 0 aromatic carbocycles. The van der Waals surface area contributed by atoms with E-state index >= 15 is 0 Å². The van der Waals surface area contributed by atoms with Crippen LogP contribution in [0.1, 0.15) is 25.5 Å². The SMILES string of the molecule is CCn1c(SCC(=O)N2CCC[C@H](C(N)=O)C2)nnc1-c1ccoc1C. The minimum absolute atomic E-state index is 0.00681. The quantitative estimate of drug-likeness (QED) is 0.768. The first-order valence-corrected chi connectivity index (χ1v) is 9.67. The Morgan fingerprint density at radius 1 is 1.42 bits per heavy atom. The van der Waals surface area contributed by atoms with Gasteiger partial charge in [0.25, 0.3) is 0 Å². The largest absolute Gasteiger partial charge is 0.469 e. The molecular formula is C17H23N5O3S. The smallest absolute Gasteiger partial charge is 0.233 e. The number of nitrogens with zero attached hydrogens (tertiary/aromatic N) is 4. The van der Waals surface area contributed by atoms with Gasteiger partial charge in [0, 0.05) is 19.6 Å². The highest BCUT2D eigenvalue weighted by molar-refractivity contribution is 7.99. The van der Waals surface area contributed by atoms with Crippen molar-refractivity contribution >= 4 is 23.6 Å². The molecule has 1 atom stereocenters. The Balaban J connectivity index is 1.66. The van der Waals surface area contributed by atoms with E-state index in [2.05, 4.69) is 10.2 Å². The molecule has 1 fully saturated rings. The summed E-state index contributed by atoms with van der Waals surface area (Å²) in [6.45, 7) is 5.66. The number of aromatic nitrogens is 3. The second-order valence-corrected chi connectivity index (χ2v) is 7.25. The first-order valence-electron chi connectivity index (χ1n) is 8.68. The average molecular weight is 377 g/mol. The van der Waals surface area contributed by atoms with E-state index in [1.54, 1.807) is 11.2 Å². The van der Waals surface area contributed by atoms with E-state index in [-0.39, 0.29) is 23.5 Å². The number of carbonyl (C=O) groups excluding carboxylic acids is 2. The van der Waals surface area contributed by atoms with Crippen molar-refractivity contribution in [2.45, 2.75) is 38.4 Å². The van der Waals surface area contributed by atoms with Crippen molar-refractivity contribution in [3.8, 4) is 11.4 Å². The zero-order chi connectivity index (χ0) is 18.7. The van der Waals surface area contributed by atoms with Gasteiger partial charge in [0.05, 0.1) is 23.5 Å². The number of furan rings is 1. The highest BCUT2D eigenvalue weighted by Crippen LogP contribution is 2.27. The Kier molecular flexibility index (Phi) is 5.65. The molecule has 0 bridgehead atoms. The number of likely N-dealkylation sites (tertiary alicyclic amines) is 1. The van der Waals surface area contributed by atoms with Crippen LogP contribution in [-0.4, -0.2) is 50.3 Å². The molecule has 0 saturated carbocycles. The summed E-state index contributed by atoms with van der Waals surface area (Å²) in [4.78, 5) is 25.6. The van der Waals surface area contributed by atoms with E-state index in [0.29, 0.717) is 24.8 Å². The Morgan fingerprint density at radius 2 is 2.23 bits per heavy atom. The average Bonchev–Trinajstić information content (AvgIpc) is 3.24. The Hall–Kier alpha value is -2.29. The number of thioether (sulfide) groups is 1. The summed E-state index contributed by atoms with van der Waals surface area (Å²) in [5, 5.41) is 9.19. The van der Waals surface area contributed by atoms with Crippen LogP contribution in [0.2, 0.25) is 0 Å². The summed E-state index contributed by atoms with van der Waals surface area (Å²) in [5.74, 6) is 1.20. The molecule has 0 radical (unpaired) electrons. The van der Waals surface area contributed by atoms with Crippen LogP contribution in [-0.2, 0) is 16.1 Å². The molecule has 1 aliphatic heterocycles. The lowest BCUT2D eigenvalue weighted by Crippen LogP contribution is -2.44. The van der Waals surface area contributed by atoms with Gasteiger partial charge in [-0.05, 0) is 32.8 Å². The minimum atomic E-state index is -0.332. The van der Waals surface area contributed by atoms with Gasteiger partial charge in [0.1, 0.15) is 5.76 Å². The number of primary amides is 1. The number of nitrogens with two attached hydrogens (primary N) is 1. The third-order valence-corrected chi connectivity index (χ3v) is 5.59. The second kappa shape index (κ2) is 7.94. The van der Waals surface area contributed by atoms with E-state index in [9.17, 15) is 9.59 Å². The number of rotatable bonds is 6. The van der Waals surface area contributed by atoms with Crippen LogP contribution in [0.15, 0.2) is 21.9 Å². The topological polar surface area (TPSA) is 107 Å². The van der Waals surface area contributed by atoms with Crippen molar-refractivity contribution in [3.63, 3.8) is 0 Å². The standard InChI is InChI=1S/C17H23N5O3S/c1-3-22-16(13-6-8-25-11(13)2)19-20-17(22)26-10-14(23)21-7-4-5-12(9-21)15(18)24/h6,8,12H,3-5,7,9-10H2,1-2H3,(H2,18,24)/t12-/m0/s1.